The van der Waals surface area contributed by atoms with Crippen LogP contribution in [-0.2, 0) is 23.9 Å². The molecule has 1 rings (SSSR count). The summed E-state index contributed by atoms with van der Waals surface area (Å²) < 4.78 is 10.5. The van der Waals surface area contributed by atoms with E-state index >= 15 is 0 Å². The lowest BCUT2D eigenvalue weighted by atomic mass is 10.2. The van der Waals surface area contributed by atoms with Crippen molar-refractivity contribution in [3.8, 4) is 0 Å². The lowest BCUT2D eigenvalue weighted by Crippen LogP contribution is -2.31. The summed E-state index contributed by atoms with van der Waals surface area (Å²) >= 11 is 2.01. The van der Waals surface area contributed by atoms with Gasteiger partial charge in [0, 0.05) is 32.5 Å². The minimum absolute atomic E-state index is 0.000443. The molecular weight excluding hydrogens is 453 g/mol. The molecule has 0 aliphatic carbocycles. The number of hydrogen-bond donors (Lipinski definition) is 2. The molecule has 1 aliphatic rings. The van der Waals surface area contributed by atoms with Gasteiger partial charge in [0.1, 0.15) is 0 Å². The highest BCUT2D eigenvalue weighted by molar-refractivity contribution is 14.1. The number of unbranched alkanes of at least 4 members (excludes halogenated alkanes) is 2. The van der Waals surface area contributed by atoms with Gasteiger partial charge >= 0.3 is 0 Å². The Kier molecular flexibility index (Phi) is 12.8. The molecule has 1 fully saturated rings. The molecule has 1 saturated heterocycles. The minimum atomic E-state index is -0.215. The molecule has 0 bridgehead atoms. The van der Waals surface area contributed by atoms with Gasteiger partial charge in [0.05, 0.1) is 30.4 Å². The Morgan fingerprint density at radius 1 is 1.12 bits per heavy atom. The summed E-state index contributed by atoms with van der Waals surface area (Å²) in [6.45, 7) is 3.97. The SMILES string of the molecule is CNCCOCCOCCNC(=O)CCCCCN1C(=O)CC(I)C1=O. The maximum absolute atomic E-state index is 11.8. The van der Waals surface area contributed by atoms with E-state index in [4.69, 9.17) is 9.47 Å². The lowest BCUT2D eigenvalue weighted by molar-refractivity contribution is -0.138. The second-order valence-electron chi connectivity index (χ2n) is 6.04. The summed E-state index contributed by atoms with van der Waals surface area (Å²) in [5.41, 5.74) is 0. The van der Waals surface area contributed by atoms with E-state index in [1.807, 2.05) is 29.6 Å². The molecule has 0 aromatic carbocycles. The van der Waals surface area contributed by atoms with Gasteiger partial charge in [-0.3, -0.25) is 19.3 Å². The zero-order chi connectivity index (χ0) is 19.2. The maximum Gasteiger partial charge on any atom is 0.242 e. The lowest BCUT2D eigenvalue weighted by Gasteiger charge is -2.13. The Bertz CT molecular complexity index is 450. The molecule has 1 unspecified atom stereocenters. The number of alkyl halides is 1. The van der Waals surface area contributed by atoms with Gasteiger partial charge in [0.2, 0.25) is 17.7 Å². The monoisotopic (exact) mass is 483 g/mol. The van der Waals surface area contributed by atoms with Crippen LogP contribution in [0.2, 0.25) is 0 Å². The summed E-state index contributed by atoms with van der Waals surface area (Å²) in [5.74, 6) is -0.167. The van der Waals surface area contributed by atoms with Crippen LogP contribution in [0, 0.1) is 0 Å². The number of likely N-dealkylation sites (tertiary alicyclic amines) is 1. The third kappa shape index (κ3) is 9.79. The number of nitrogens with zero attached hydrogens (tertiary/aromatic N) is 1. The molecule has 26 heavy (non-hydrogen) atoms. The third-order valence-corrected chi connectivity index (χ3v) is 4.88. The molecule has 0 aromatic heterocycles. The van der Waals surface area contributed by atoms with Crippen LogP contribution < -0.4 is 10.6 Å². The molecule has 8 nitrogen and oxygen atoms in total. The number of hydrogen-bond acceptors (Lipinski definition) is 6. The van der Waals surface area contributed by atoms with E-state index in [-0.39, 0.29) is 21.6 Å². The van der Waals surface area contributed by atoms with Gasteiger partial charge in [-0.25, -0.2) is 0 Å². The summed E-state index contributed by atoms with van der Waals surface area (Å²) in [6, 6.07) is 0. The molecule has 150 valence electrons. The van der Waals surface area contributed by atoms with Crippen LogP contribution in [0.1, 0.15) is 32.1 Å². The molecule has 1 atom stereocenters. The van der Waals surface area contributed by atoms with E-state index in [2.05, 4.69) is 10.6 Å². The first kappa shape index (κ1) is 23.3. The first-order valence-electron chi connectivity index (χ1n) is 9.11. The number of imide groups is 1. The van der Waals surface area contributed by atoms with Crippen molar-refractivity contribution in [2.24, 2.45) is 0 Å². The van der Waals surface area contributed by atoms with Crippen molar-refractivity contribution in [2.45, 2.75) is 36.0 Å². The second-order valence-corrected chi connectivity index (χ2v) is 7.55. The fourth-order valence-electron chi connectivity index (χ4n) is 2.46. The Morgan fingerprint density at radius 2 is 1.81 bits per heavy atom. The van der Waals surface area contributed by atoms with Gasteiger partial charge in [-0.15, -0.1) is 0 Å². The van der Waals surface area contributed by atoms with Crippen LogP contribution in [0.5, 0.6) is 0 Å². The minimum Gasteiger partial charge on any atom is -0.378 e. The zero-order valence-corrected chi connectivity index (χ0v) is 17.6. The normalized spacial score (nSPS) is 17.2. The van der Waals surface area contributed by atoms with Crippen molar-refractivity contribution in [3.63, 3.8) is 0 Å². The van der Waals surface area contributed by atoms with E-state index in [1.54, 1.807) is 0 Å². The fourth-order valence-corrected chi connectivity index (χ4v) is 3.17. The fraction of sp³-hybridized carbons (Fsp3) is 0.824. The van der Waals surface area contributed by atoms with Gasteiger partial charge in [-0.05, 0) is 19.9 Å². The van der Waals surface area contributed by atoms with E-state index in [0.29, 0.717) is 52.4 Å². The van der Waals surface area contributed by atoms with Crippen molar-refractivity contribution >= 4 is 40.3 Å². The van der Waals surface area contributed by atoms with Crippen LogP contribution in [0.4, 0.5) is 0 Å². The highest BCUT2D eigenvalue weighted by Gasteiger charge is 2.36. The van der Waals surface area contributed by atoms with Crippen LogP contribution in [0.25, 0.3) is 0 Å². The number of ether oxygens (including phenoxy) is 2. The molecule has 0 radical (unpaired) electrons. The van der Waals surface area contributed by atoms with Crippen molar-refractivity contribution in [2.75, 3.05) is 53.1 Å². The Balaban J connectivity index is 1.90. The number of nitrogens with one attached hydrogen (secondary N) is 2. The Hall–Kier alpha value is -0.780. The number of likely N-dealkylation sites (N-methyl/N-ethyl adjacent to an activating group) is 1. The van der Waals surface area contributed by atoms with Crippen molar-refractivity contribution in [1.82, 2.24) is 15.5 Å². The summed E-state index contributed by atoms with van der Waals surface area (Å²) in [6.07, 6.45) is 3.06. The number of amides is 3. The highest BCUT2D eigenvalue weighted by atomic mass is 127. The van der Waals surface area contributed by atoms with Gasteiger partial charge in [-0.1, -0.05) is 29.0 Å². The standard InChI is InChI=1S/C17H30IN3O5/c1-19-6-9-25-11-12-26-10-7-20-15(22)5-3-2-4-8-21-16(23)13-14(18)17(21)24/h14,19H,2-13H2,1H3,(H,20,22). The molecule has 2 N–H and O–H groups in total. The number of carbonyl (C=O) groups excluding carboxylic acids is 3. The smallest absolute Gasteiger partial charge is 0.242 e. The van der Waals surface area contributed by atoms with E-state index < -0.39 is 0 Å². The third-order valence-electron chi connectivity index (χ3n) is 3.91. The average Bonchev–Trinajstić information content (AvgIpc) is 2.86. The first-order valence-corrected chi connectivity index (χ1v) is 10.4. The molecule has 0 saturated carbocycles. The predicted molar refractivity (Wildman–Crippen MR) is 106 cm³/mol. The number of rotatable bonds is 15. The van der Waals surface area contributed by atoms with Gasteiger partial charge in [-0.2, -0.15) is 0 Å². The highest BCUT2D eigenvalue weighted by Crippen LogP contribution is 2.20. The summed E-state index contributed by atoms with van der Waals surface area (Å²) in [7, 11) is 1.87. The van der Waals surface area contributed by atoms with Gasteiger partial charge < -0.3 is 20.1 Å². The predicted octanol–water partition coefficient (Wildman–Crippen LogP) is 0.478. The topological polar surface area (TPSA) is 97.0 Å². The molecule has 1 heterocycles. The van der Waals surface area contributed by atoms with Crippen LogP contribution >= 0.6 is 22.6 Å². The quantitative estimate of drug-likeness (QED) is 0.152. The van der Waals surface area contributed by atoms with Crippen molar-refractivity contribution in [3.05, 3.63) is 0 Å². The number of halogens is 1. The summed E-state index contributed by atoms with van der Waals surface area (Å²) in [4.78, 5) is 36.4. The Morgan fingerprint density at radius 3 is 2.42 bits per heavy atom. The Labute approximate surface area is 168 Å². The molecule has 0 spiro atoms. The average molecular weight is 483 g/mol. The van der Waals surface area contributed by atoms with Crippen LogP contribution in [0.15, 0.2) is 0 Å². The van der Waals surface area contributed by atoms with Gasteiger partial charge in [0.25, 0.3) is 0 Å². The molecule has 3 amide bonds. The maximum atomic E-state index is 11.8. The van der Waals surface area contributed by atoms with Gasteiger partial charge in [0.15, 0.2) is 0 Å². The zero-order valence-electron chi connectivity index (χ0n) is 15.4. The van der Waals surface area contributed by atoms with E-state index in [9.17, 15) is 14.4 Å². The van der Waals surface area contributed by atoms with Crippen LogP contribution in [-0.4, -0.2) is 79.7 Å². The molecular formula is C17H30IN3O5. The largest absolute Gasteiger partial charge is 0.378 e. The van der Waals surface area contributed by atoms with E-state index in [1.165, 1.54) is 4.90 Å². The molecule has 9 heteroatoms. The molecule has 0 aromatic rings. The second kappa shape index (κ2) is 14.3. The molecule has 1 aliphatic heterocycles. The van der Waals surface area contributed by atoms with Crippen molar-refractivity contribution in [1.29, 1.82) is 0 Å². The number of carbonyl (C=O) groups is 3. The first-order chi connectivity index (χ1) is 12.6. The summed E-state index contributed by atoms with van der Waals surface area (Å²) in [5, 5.41) is 5.80. The van der Waals surface area contributed by atoms with Crippen LogP contribution in [0.3, 0.4) is 0 Å². The van der Waals surface area contributed by atoms with E-state index in [0.717, 1.165) is 25.8 Å². The van der Waals surface area contributed by atoms with Crippen molar-refractivity contribution < 1.29 is 23.9 Å².